The Labute approximate surface area is 126 Å². The largest absolute Gasteiger partial charge is 0.427 e. The van der Waals surface area contributed by atoms with Gasteiger partial charge in [-0.15, -0.1) is 0 Å². The van der Waals surface area contributed by atoms with Crippen molar-refractivity contribution in [1.82, 2.24) is 4.98 Å². The van der Waals surface area contributed by atoms with Crippen molar-refractivity contribution in [3.8, 4) is 17.2 Å². The van der Waals surface area contributed by atoms with E-state index in [9.17, 15) is 4.79 Å². The number of hydrogen-bond acceptors (Lipinski definition) is 5. The van der Waals surface area contributed by atoms with Crippen LogP contribution in [-0.4, -0.2) is 11.0 Å². The molecule has 0 aliphatic heterocycles. The first kappa shape index (κ1) is 13.5. The lowest BCUT2D eigenvalue weighted by atomic mass is 10.2. The molecule has 2 aromatic carbocycles. The molecule has 1 aromatic heterocycles. The van der Waals surface area contributed by atoms with Crippen molar-refractivity contribution in [3.63, 3.8) is 0 Å². The molecule has 0 unspecified atom stereocenters. The summed E-state index contributed by atoms with van der Waals surface area (Å²) in [4.78, 5) is 15.3. The molecular formula is C16H11NO3S. The predicted octanol–water partition coefficient (Wildman–Crippen LogP) is 4.15. The van der Waals surface area contributed by atoms with Gasteiger partial charge in [0.1, 0.15) is 5.75 Å². The van der Waals surface area contributed by atoms with Crippen molar-refractivity contribution in [3.05, 3.63) is 53.2 Å². The van der Waals surface area contributed by atoms with Crippen LogP contribution < -0.4 is 4.74 Å². The van der Waals surface area contributed by atoms with Crippen LogP contribution >= 0.6 is 12.2 Å². The minimum atomic E-state index is -0.357. The summed E-state index contributed by atoms with van der Waals surface area (Å²) in [6.07, 6.45) is 0. The zero-order valence-corrected chi connectivity index (χ0v) is 12.0. The lowest BCUT2D eigenvalue weighted by molar-refractivity contribution is -0.131. The van der Waals surface area contributed by atoms with E-state index in [1.165, 1.54) is 6.92 Å². The van der Waals surface area contributed by atoms with E-state index in [2.05, 4.69) is 4.98 Å². The monoisotopic (exact) mass is 297 g/mol. The number of ether oxygens (including phenoxy) is 1. The van der Waals surface area contributed by atoms with Gasteiger partial charge in [-0.25, -0.2) is 4.98 Å². The molecule has 0 N–H and O–H groups in total. The van der Waals surface area contributed by atoms with Gasteiger partial charge in [0, 0.05) is 12.5 Å². The molecule has 5 heteroatoms. The molecule has 3 aromatic rings. The number of carbonyl (C=O) groups excluding carboxylic acids is 1. The number of para-hydroxylation sites is 1. The molecule has 0 saturated heterocycles. The number of nitrogens with zero attached hydrogens (tertiary/aromatic N) is 1. The summed E-state index contributed by atoms with van der Waals surface area (Å²) in [5.41, 5.74) is 1.55. The van der Waals surface area contributed by atoms with Crippen molar-refractivity contribution in [1.29, 1.82) is 0 Å². The van der Waals surface area contributed by atoms with Gasteiger partial charge in [0.05, 0.1) is 10.9 Å². The predicted molar refractivity (Wildman–Crippen MR) is 81.6 cm³/mol. The summed E-state index contributed by atoms with van der Waals surface area (Å²) in [5, 5.41) is 0.813. The molecular weight excluding hydrogens is 286 g/mol. The van der Waals surface area contributed by atoms with E-state index < -0.39 is 0 Å². The maximum atomic E-state index is 10.9. The fraction of sp³-hybridized carbons (Fsp3) is 0.0625. The van der Waals surface area contributed by atoms with E-state index in [1.54, 1.807) is 24.3 Å². The maximum absolute atomic E-state index is 10.9. The zero-order valence-electron chi connectivity index (χ0n) is 11.2. The fourth-order valence-corrected chi connectivity index (χ4v) is 2.23. The quantitative estimate of drug-likeness (QED) is 0.404. The Morgan fingerprint density at radius 1 is 1.14 bits per heavy atom. The van der Waals surface area contributed by atoms with E-state index in [0.717, 1.165) is 16.5 Å². The third-order valence-electron chi connectivity index (χ3n) is 2.90. The highest BCUT2D eigenvalue weighted by Crippen LogP contribution is 2.24. The summed E-state index contributed by atoms with van der Waals surface area (Å²) in [7, 11) is 0. The highest BCUT2D eigenvalue weighted by atomic mass is 32.1. The van der Waals surface area contributed by atoms with Crippen molar-refractivity contribution in [2.24, 2.45) is 0 Å². The first-order valence-electron chi connectivity index (χ1n) is 6.32. The van der Waals surface area contributed by atoms with Gasteiger partial charge in [0.15, 0.2) is 0 Å². The van der Waals surface area contributed by atoms with Crippen molar-refractivity contribution < 1.29 is 13.9 Å². The second kappa shape index (κ2) is 5.46. The molecule has 0 bridgehead atoms. The molecule has 3 rings (SSSR count). The van der Waals surface area contributed by atoms with Crippen LogP contribution in [0.4, 0.5) is 0 Å². The molecule has 0 spiro atoms. The molecule has 0 aliphatic carbocycles. The Kier molecular flexibility index (Phi) is 3.50. The van der Waals surface area contributed by atoms with Crippen LogP contribution in [0.15, 0.2) is 52.9 Å². The van der Waals surface area contributed by atoms with Crippen molar-refractivity contribution >= 4 is 29.1 Å². The second-order valence-corrected chi connectivity index (χ2v) is 4.81. The number of rotatable bonds is 2. The van der Waals surface area contributed by atoms with Crippen molar-refractivity contribution in [2.75, 3.05) is 0 Å². The third kappa shape index (κ3) is 2.83. The second-order valence-electron chi connectivity index (χ2n) is 4.44. The Hall–Kier alpha value is -2.53. The van der Waals surface area contributed by atoms with Crippen LogP contribution in [0.3, 0.4) is 0 Å². The Balaban J connectivity index is 2.04. The number of fused-ring (bicyclic) bond motifs is 1. The van der Waals surface area contributed by atoms with Crippen LogP contribution in [0, 0.1) is 4.71 Å². The average Bonchev–Trinajstić information content (AvgIpc) is 2.47. The van der Waals surface area contributed by atoms with Crippen LogP contribution in [0.2, 0.25) is 0 Å². The van der Waals surface area contributed by atoms with Gasteiger partial charge in [-0.05, 0) is 48.6 Å². The van der Waals surface area contributed by atoms with Gasteiger partial charge < -0.3 is 9.15 Å². The fourth-order valence-electron chi connectivity index (χ4n) is 1.97. The smallest absolute Gasteiger partial charge is 0.308 e. The molecule has 21 heavy (non-hydrogen) atoms. The molecule has 0 radical (unpaired) electrons. The van der Waals surface area contributed by atoms with Gasteiger partial charge in [-0.3, -0.25) is 4.79 Å². The number of esters is 1. The van der Waals surface area contributed by atoms with E-state index in [1.807, 2.05) is 24.3 Å². The molecule has 0 amide bonds. The topological polar surface area (TPSA) is 52.3 Å². The third-order valence-corrected chi connectivity index (χ3v) is 3.20. The standard InChI is InChI=1S/C16H11NO3S/c1-10(18)19-12-8-6-11(7-9-12)15-17-14-5-3-2-4-13(14)16(21)20-15/h2-9H,1H3. The van der Waals surface area contributed by atoms with E-state index in [0.29, 0.717) is 16.3 Å². The van der Waals surface area contributed by atoms with E-state index in [-0.39, 0.29) is 5.97 Å². The number of benzene rings is 2. The SMILES string of the molecule is CC(=O)Oc1ccc(-c2nc3ccccc3c(=S)o2)cc1. The minimum absolute atomic E-state index is 0.357. The molecule has 0 saturated carbocycles. The normalized spacial score (nSPS) is 10.5. The Morgan fingerprint density at radius 3 is 2.57 bits per heavy atom. The van der Waals surface area contributed by atoms with Gasteiger partial charge in [-0.1, -0.05) is 12.1 Å². The summed E-state index contributed by atoms with van der Waals surface area (Å²) < 4.78 is 11.0. The minimum Gasteiger partial charge on any atom is -0.427 e. The van der Waals surface area contributed by atoms with Gasteiger partial charge in [0.2, 0.25) is 10.6 Å². The molecule has 104 valence electrons. The number of hydrogen-bond donors (Lipinski definition) is 0. The summed E-state index contributed by atoms with van der Waals surface area (Å²) >= 11 is 5.25. The van der Waals surface area contributed by atoms with Crippen molar-refractivity contribution in [2.45, 2.75) is 6.92 Å². The average molecular weight is 297 g/mol. The Bertz CT molecular complexity index is 869. The maximum Gasteiger partial charge on any atom is 0.308 e. The molecule has 0 aliphatic rings. The highest BCUT2D eigenvalue weighted by Gasteiger charge is 2.07. The molecule has 1 heterocycles. The lowest BCUT2D eigenvalue weighted by Crippen LogP contribution is -2.00. The van der Waals surface area contributed by atoms with Gasteiger partial charge in [-0.2, -0.15) is 0 Å². The lowest BCUT2D eigenvalue weighted by Gasteiger charge is -2.04. The van der Waals surface area contributed by atoms with Crippen LogP contribution in [0.25, 0.3) is 22.4 Å². The van der Waals surface area contributed by atoms with Gasteiger partial charge in [0.25, 0.3) is 0 Å². The van der Waals surface area contributed by atoms with Crippen LogP contribution in [0.5, 0.6) is 5.75 Å². The highest BCUT2D eigenvalue weighted by molar-refractivity contribution is 7.71. The summed E-state index contributed by atoms with van der Waals surface area (Å²) in [6, 6.07) is 14.5. The zero-order chi connectivity index (χ0) is 14.8. The summed E-state index contributed by atoms with van der Waals surface area (Å²) in [5.74, 6) is 0.558. The molecule has 4 nitrogen and oxygen atoms in total. The van der Waals surface area contributed by atoms with Gasteiger partial charge >= 0.3 is 5.97 Å². The first-order valence-corrected chi connectivity index (χ1v) is 6.73. The van der Waals surface area contributed by atoms with Crippen LogP contribution in [-0.2, 0) is 4.79 Å². The number of aromatic nitrogens is 1. The number of carbonyl (C=O) groups is 1. The Morgan fingerprint density at radius 2 is 1.86 bits per heavy atom. The van der Waals surface area contributed by atoms with E-state index in [4.69, 9.17) is 21.4 Å². The first-order chi connectivity index (χ1) is 10.1. The molecule has 0 atom stereocenters. The summed E-state index contributed by atoms with van der Waals surface area (Å²) in [6.45, 7) is 1.36. The van der Waals surface area contributed by atoms with Crippen LogP contribution in [0.1, 0.15) is 6.92 Å². The molecule has 0 fully saturated rings. The van der Waals surface area contributed by atoms with E-state index >= 15 is 0 Å².